The lowest BCUT2D eigenvalue weighted by atomic mass is 10.2. The summed E-state index contributed by atoms with van der Waals surface area (Å²) >= 11 is 5.28. The zero-order valence-corrected chi connectivity index (χ0v) is 15.4. The Hall–Kier alpha value is -1.78. The highest BCUT2D eigenvalue weighted by molar-refractivity contribution is 7.95. The first-order chi connectivity index (χ1) is 12.7. The van der Waals surface area contributed by atoms with E-state index >= 15 is 0 Å². The molecule has 3 nitrogen and oxygen atoms in total. The van der Waals surface area contributed by atoms with Gasteiger partial charge in [0, 0.05) is 5.39 Å². The maximum absolute atomic E-state index is 13.5. The summed E-state index contributed by atoms with van der Waals surface area (Å²) < 4.78 is 82.2. The zero-order valence-electron chi connectivity index (χ0n) is 13.0. The third-order valence-corrected chi connectivity index (χ3v) is 5.68. The molecule has 144 valence electrons. The largest absolute Gasteiger partial charge is 0.479 e. The molecule has 1 heterocycles. The Morgan fingerprint density at radius 3 is 2.37 bits per heavy atom. The molecule has 0 aliphatic rings. The van der Waals surface area contributed by atoms with Crippen LogP contribution in [0.15, 0.2) is 53.4 Å². The Kier molecular flexibility index (Phi) is 5.68. The summed E-state index contributed by atoms with van der Waals surface area (Å²) in [5.41, 5.74) is -5.15. The molecule has 0 saturated heterocycles. The molecule has 27 heavy (non-hydrogen) atoms. The topological polar surface area (TPSA) is 31.2 Å². The Bertz CT molecular complexity index is 992. The van der Waals surface area contributed by atoms with E-state index in [9.17, 15) is 26.2 Å². The molecule has 0 N–H and O–H groups in total. The van der Waals surface area contributed by atoms with Gasteiger partial charge in [0.05, 0.1) is 21.1 Å². The number of alkyl halides is 5. The number of nitrogens with zero attached hydrogens (tertiary/aromatic N) is 1. The van der Waals surface area contributed by atoms with Crippen LogP contribution in [0.25, 0.3) is 10.9 Å². The molecule has 0 bridgehead atoms. The summed E-state index contributed by atoms with van der Waals surface area (Å²) in [7, 11) is -2.00. The van der Waals surface area contributed by atoms with Crippen LogP contribution in [0.1, 0.15) is 12.1 Å². The van der Waals surface area contributed by atoms with E-state index in [0.29, 0.717) is 0 Å². The van der Waals surface area contributed by atoms with Crippen molar-refractivity contribution >= 4 is 45.5 Å². The lowest BCUT2D eigenvalue weighted by molar-refractivity contribution is -0.0369. The molecule has 1 unspecified atom stereocenters. The van der Waals surface area contributed by atoms with Crippen molar-refractivity contribution in [3.63, 3.8) is 0 Å². The summed E-state index contributed by atoms with van der Waals surface area (Å²) in [4.78, 5) is 0.279. The Morgan fingerprint density at radius 1 is 1.11 bits per heavy atom. The number of rotatable bonds is 5. The third-order valence-electron chi connectivity index (χ3n) is 3.43. The molecule has 0 spiro atoms. The highest BCUT2D eigenvalue weighted by atomic mass is 35.5. The second-order valence-electron chi connectivity index (χ2n) is 5.15. The van der Waals surface area contributed by atoms with E-state index in [0.717, 1.165) is 16.1 Å². The third kappa shape index (κ3) is 4.22. The van der Waals surface area contributed by atoms with E-state index < -0.39 is 40.7 Å². The van der Waals surface area contributed by atoms with Crippen molar-refractivity contribution in [3.05, 3.63) is 59.2 Å². The summed E-state index contributed by atoms with van der Waals surface area (Å²) in [6.45, 7) is 0. The number of fused-ring (bicyclic) bond motifs is 1. The van der Waals surface area contributed by atoms with E-state index in [1.807, 2.05) is 0 Å². The van der Waals surface area contributed by atoms with E-state index in [1.165, 1.54) is 18.2 Å². The number of aromatic nitrogens is 1. The molecule has 0 radical (unpaired) electrons. The number of halogens is 6. The van der Waals surface area contributed by atoms with Crippen LogP contribution in [0.3, 0.4) is 0 Å². The summed E-state index contributed by atoms with van der Waals surface area (Å²) in [5, 5.41) is -0.272. The molecule has 0 aliphatic heterocycles. The van der Waals surface area contributed by atoms with E-state index in [2.05, 4.69) is 4.18 Å². The monoisotopic (exact) mass is 441 g/mol. The fourth-order valence-electron chi connectivity index (χ4n) is 2.36. The predicted molar refractivity (Wildman–Crippen MR) is 94.4 cm³/mol. The van der Waals surface area contributed by atoms with Crippen molar-refractivity contribution in [2.24, 2.45) is 0 Å². The first kappa shape index (κ1) is 20.0. The van der Waals surface area contributed by atoms with Crippen LogP contribution >= 0.6 is 23.6 Å². The summed E-state index contributed by atoms with van der Waals surface area (Å²) in [6.07, 6.45) is -2.98. The van der Waals surface area contributed by atoms with Gasteiger partial charge in [-0.05, 0) is 30.3 Å². The minimum Gasteiger partial charge on any atom is -0.416 e. The van der Waals surface area contributed by atoms with Gasteiger partial charge < -0.3 is 4.18 Å². The fraction of sp³-hybridized carbons (Fsp3) is 0.125. The lowest BCUT2D eigenvalue weighted by Crippen LogP contribution is -2.09. The Balaban J connectivity index is 2.12. The number of hydrogen-bond acceptors (Lipinski definition) is 3. The lowest BCUT2D eigenvalue weighted by Gasteiger charge is -2.11. The number of benzene rings is 2. The van der Waals surface area contributed by atoms with Gasteiger partial charge >= 0.3 is 5.51 Å². The number of hydrogen-bond donors (Lipinski definition) is 0. The van der Waals surface area contributed by atoms with Crippen molar-refractivity contribution in [3.8, 4) is 5.75 Å². The van der Waals surface area contributed by atoms with Crippen LogP contribution in [0.2, 0.25) is 5.02 Å². The quantitative estimate of drug-likeness (QED) is 0.341. The van der Waals surface area contributed by atoms with Gasteiger partial charge in [0.1, 0.15) is 0 Å². The predicted octanol–water partition coefficient (Wildman–Crippen LogP) is 6.35. The zero-order chi connectivity index (χ0) is 19.8. The van der Waals surface area contributed by atoms with E-state index in [4.69, 9.17) is 11.6 Å². The molecule has 0 aliphatic carbocycles. The summed E-state index contributed by atoms with van der Waals surface area (Å²) in [5.74, 6) is -0.338. The van der Waals surface area contributed by atoms with Crippen molar-refractivity contribution in [1.29, 1.82) is 0 Å². The van der Waals surface area contributed by atoms with Crippen molar-refractivity contribution in [2.75, 3.05) is 0 Å². The molecule has 3 aromatic rings. The molecule has 2 aromatic carbocycles. The smallest absolute Gasteiger partial charge is 0.416 e. The molecule has 0 amide bonds. The van der Waals surface area contributed by atoms with Gasteiger partial charge in [0.15, 0.2) is 28.8 Å². The molecule has 0 fully saturated rings. The molecular formula is C16H9ClF5NO2S2. The second-order valence-corrected chi connectivity index (χ2v) is 7.66. The second kappa shape index (κ2) is 7.69. The normalized spacial score (nSPS) is 13.3. The SMILES string of the molecule is O=S(c1ccccc1)n1c(C(F)F)cc2c(Cl)c(OSC(F)(F)F)ccc21. The van der Waals surface area contributed by atoms with Gasteiger partial charge in [-0.25, -0.2) is 13.0 Å². The Morgan fingerprint density at radius 2 is 1.78 bits per heavy atom. The minimum atomic E-state index is -4.66. The Labute approximate surface area is 161 Å². The molecule has 3 rings (SSSR count). The van der Waals surface area contributed by atoms with Gasteiger partial charge in [-0.1, -0.05) is 29.8 Å². The molecule has 0 saturated carbocycles. The molecule has 11 heteroatoms. The van der Waals surface area contributed by atoms with Crippen LogP contribution in [-0.2, 0) is 11.0 Å². The average molecular weight is 442 g/mol. The van der Waals surface area contributed by atoms with Gasteiger partial charge in [0.25, 0.3) is 6.43 Å². The van der Waals surface area contributed by atoms with E-state index in [1.54, 1.807) is 18.2 Å². The van der Waals surface area contributed by atoms with Crippen molar-refractivity contribution < 1.29 is 30.3 Å². The molecular weight excluding hydrogens is 433 g/mol. The fourth-order valence-corrected chi connectivity index (χ4v) is 4.24. The minimum absolute atomic E-state index is 0.0107. The van der Waals surface area contributed by atoms with Crippen LogP contribution in [-0.4, -0.2) is 13.7 Å². The highest BCUT2D eigenvalue weighted by Crippen LogP contribution is 2.41. The molecule has 1 aromatic heterocycles. The molecule has 1 atom stereocenters. The van der Waals surface area contributed by atoms with Gasteiger partial charge in [-0.15, -0.1) is 0 Å². The van der Waals surface area contributed by atoms with Gasteiger partial charge in [-0.2, -0.15) is 13.2 Å². The maximum atomic E-state index is 13.5. The van der Waals surface area contributed by atoms with Crippen molar-refractivity contribution in [1.82, 2.24) is 3.97 Å². The van der Waals surface area contributed by atoms with Crippen LogP contribution < -0.4 is 4.18 Å². The first-order valence-corrected chi connectivity index (χ1v) is 9.43. The first-order valence-electron chi connectivity index (χ1n) is 7.21. The van der Waals surface area contributed by atoms with Crippen LogP contribution in [0.5, 0.6) is 5.75 Å². The van der Waals surface area contributed by atoms with Gasteiger partial charge in [0.2, 0.25) is 0 Å². The summed E-state index contributed by atoms with van der Waals surface area (Å²) in [6, 6.07) is 11.3. The van der Waals surface area contributed by atoms with Crippen LogP contribution in [0.4, 0.5) is 22.0 Å². The van der Waals surface area contributed by atoms with Crippen LogP contribution in [0, 0.1) is 0 Å². The van der Waals surface area contributed by atoms with Gasteiger partial charge in [-0.3, -0.25) is 3.97 Å². The average Bonchev–Trinajstić information content (AvgIpc) is 3.01. The maximum Gasteiger partial charge on any atom is 0.479 e. The van der Waals surface area contributed by atoms with Crippen molar-refractivity contribution in [2.45, 2.75) is 16.8 Å². The standard InChI is InChI=1S/C16H9ClF5NO2S2/c17-14-10-8-12(15(18)19)23(27(24)9-4-2-1-3-5-9)11(10)6-7-13(14)25-26-16(20,21)22/h1-8,15H. The van der Waals surface area contributed by atoms with E-state index in [-0.39, 0.29) is 26.6 Å². The highest BCUT2D eigenvalue weighted by Gasteiger charge is 2.32.